The average molecular weight is 462 g/mol. The van der Waals surface area contributed by atoms with Gasteiger partial charge in [-0.05, 0) is 46.1 Å². The van der Waals surface area contributed by atoms with E-state index in [2.05, 4.69) is 42.0 Å². The third kappa shape index (κ3) is 6.09. The number of aromatic nitrogens is 2. The summed E-state index contributed by atoms with van der Waals surface area (Å²) in [5.41, 5.74) is 2.11. The number of rotatable bonds is 3. The molecule has 0 amide bonds. The summed E-state index contributed by atoms with van der Waals surface area (Å²) in [6.07, 6.45) is 3.08. The largest absolute Gasteiger partial charge is 0.465 e. The highest BCUT2D eigenvalue weighted by Crippen LogP contribution is 2.19. The molecule has 2 aromatic heterocycles. The fraction of sp³-hybridized carbons (Fsp3) is 0.176. The molecule has 0 aliphatic rings. The summed E-state index contributed by atoms with van der Waals surface area (Å²) in [7, 11) is 2.59. The van der Waals surface area contributed by atoms with Gasteiger partial charge in [0.15, 0.2) is 0 Å². The van der Waals surface area contributed by atoms with Gasteiger partial charge in [-0.1, -0.05) is 29.8 Å². The van der Waals surface area contributed by atoms with Crippen LogP contribution in [0.25, 0.3) is 5.57 Å². The van der Waals surface area contributed by atoms with Crippen molar-refractivity contribution in [2.24, 2.45) is 0 Å². The Morgan fingerprint density at radius 1 is 1.00 bits per heavy atom. The van der Waals surface area contributed by atoms with Crippen molar-refractivity contribution < 1.29 is 19.1 Å². The van der Waals surface area contributed by atoms with Gasteiger partial charge < -0.3 is 9.47 Å². The Balaban J connectivity index is 0.000000263. The lowest BCUT2D eigenvalue weighted by Gasteiger charge is -2.04. The molecule has 2 rings (SSSR count). The molecule has 2 aromatic rings. The number of esters is 2. The molecule has 0 atom stereocenters. The number of hydrogen-bond acceptors (Lipinski definition) is 6. The van der Waals surface area contributed by atoms with Crippen molar-refractivity contribution in [3.63, 3.8) is 0 Å². The topological polar surface area (TPSA) is 78.4 Å². The summed E-state index contributed by atoms with van der Waals surface area (Å²) in [4.78, 5) is 29.9. The molecule has 0 bridgehead atoms. The first-order valence-electron chi connectivity index (χ1n) is 7.00. The van der Waals surface area contributed by atoms with E-state index in [1.165, 1.54) is 20.4 Å². The Labute approximate surface area is 169 Å². The number of nitrogens with zero attached hydrogens (tertiary/aromatic N) is 2. The first-order chi connectivity index (χ1) is 12.2. The summed E-state index contributed by atoms with van der Waals surface area (Å²) < 4.78 is 9.73. The van der Waals surface area contributed by atoms with E-state index in [0.717, 1.165) is 11.1 Å². The highest BCUT2D eigenvalue weighted by molar-refractivity contribution is 9.10. The number of pyridine rings is 2. The van der Waals surface area contributed by atoms with E-state index >= 15 is 0 Å². The van der Waals surface area contributed by atoms with E-state index in [0.29, 0.717) is 4.47 Å². The number of methoxy groups -OCH3 is 2. The Hall–Kier alpha value is -1.96. The maximum absolute atomic E-state index is 11.2. The van der Waals surface area contributed by atoms with Gasteiger partial charge in [-0.25, -0.2) is 19.6 Å². The molecule has 0 N–H and O–H groups in total. The highest BCUT2D eigenvalue weighted by Gasteiger charge is 2.13. The maximum Gasteiger partial charge on any atom is 0.341 e. The van der Waals surface area contributed by atoms with Gasteiger partial charge in [0.25, 0.3) is 0 Å². The van der Waals surface area contributed by atoms with Gasteiger partial charge in [-0.3, -0.25) is 0 Å². The quantitative estimate of drug-likeness (QED) is 0.480. The van der Waals surface area contributed by atoms with Gasteiger partial charge in [0.05, 0.1) is 25.3 Å². The van der Waals surface area contributed by atoms with Crippen LogP contribution in [0.5, 0.6) is 0 Å². The Kier molecular flexibility index (Phi) is 8.71. The highest BCUT2D eigenvalue weighted by atomic mass is 79.9. The van der Waals surface area contributed by atoms with Gasteiger partial charge in [-0.2, -0.15) is 0 Å². The van der Waals surface area contributed by atoms with E-state index in [4.69, 9.17) is 23.2 Å². The van der Waals surface area contributed by atoms with Crippen LogP contribution in [0.15, 0.2) is 35.6 Å². The summed E-state index contributed by atoms with van der Waals surface area (Å²) in [5.74, 6) is -0.987. The summed E-state index contributed by atoms with van der Waals surface area (Å²) >= 11 is 14.5. The van der Waals surface area contributed by atoms with Crippen molar-refractivity contribution in [3.8, 4) is 0 Å². The zero-order chi connectivity index (χ0) is 19.9. The monoisotopic (exact) mass is 460 g/mol. The molecule has 0 aliphatic carbocycles. The summed E-state index contributed by atoms with van der Waals surface area (Å²) in [5, 5.41) is 0.284. The molecule has 0 fully saturated rings. The number of carbonyl (C=O) groups is 2. The maximum atomic E-state index is 11.2. The van der Waals surface area contributed by atoms with E-state index in [-0.39, 0.29) is 21.4 Å². The summed E-state index contributed by atoms with van der Waals surface area (Å²) in [6, 6.07) is 3.17. The SMILES string of the molecule is C=C(C)c1cnc(Cl)c(C(=O)OC)c1.COC(=O)c1cc(Br)cnc1Cl. The lowest BCUT2D eigenvalue weighted by Crippen LogP contribution is -2.04. The first kappa shape index (κ1) is 22.1. The normalized spacial score (nSPS) is 9.62. The van der Waals surface area contributed by atoms with Crippen molar-refractivity contribution in [1.29, 1.82) is 0 Å². The number of hydrogen-bond donors (Lipinski definition) is 0. The van der Waals surface area contributed by atoms with Gasteiger partial charge in [0.1, 0.15) is 10.3 Å². The lowest BCUT2D eigenvalue weighted by molar-refractivity contribution is 0.0591. The molecule has 0 radical (unpaired) electrons. The predicted octanol–water partition coefficient (Wildman–Crippen LogP) is 4.84. The van der Waals surface area contributed by atoms with Crippen molar-refractivity contribution >= 4 is 56.6 Å². The first-order valence-corrected chi connectivity index (χ1v) is 8.55. The molecule has 0 aliphatic heterocycles. The zero-order valence-electron chi connectivity index (χ0n) is 14.2. The van der Waals surface area contributed by atoms with Crippen molar-refractivity contribution in [3.05, 3.63) is 62.6 Å². The van der Waals surface area contributed by atoms with Gasteiger partial charge in [0.2, 0.25) is 0 Å². The molecule has 138 valence electrons. The Morgan fingerprint density at radius 2 is 1.46 bits per heavy atom. The Morgan fingerprint density at radius 3 is 1.92 bits per heavy atom. The smallest absolute Gasteiger partial charge is 0.341 e. The fourth-order valence-corrected chi connectivity index (χ4v) is 2.30. The second-order valence-corrected chi connectivity index (χ2v) is 6.45. The van der Waals surface area contributed by atoms with Crippen LogP contribution < -0.4 is 0 Å². The zero-order valence-corrected chi connectivity index (χ0v) is 17.3. The minimum Gasteiger partial charge on any atom is -0.465 e. The minimum absolute atomic E-state index is 0.141. The van der Waals surface area contributed by atoms with Crippen LogP contribution in [-0.4, -0.2) is 36.1 Å². The van der Waals surface area contributed by atoms with Crippen molar-refractivity contribution in [2.75, 3.05) is 14.2 Å². The molecule has 9 heteroatoms. The van der Waals surface area contributed by atoms with Crippen LogP contribution >= 0.6 is 39.1 Å². The predicted molar refractivity (Wildman–Crippen MR) is 104 cm³/mol. The molecule has 0 unspecified atom stereocenters. The average Bonchev–Trinajstić information content (AvgIpc) is 2.63. The van der Waals surface area contributed by atoms with E-state index < -0.39 is 11.9 Å². The van der Waals surface area contributed by atoms with Gasteiger partial charge >= 0.3 is 11.9 Å². The summed E-state index contributed by atoms with van der Waals surface area (Å²) in [6.45, 7) is 5.57. The molecule has 2 heterocycles. The molecular weight excluding hydrogens is 447 g/mol. The van der Waals surface area contributed by atoms with Crippen LogP contribution in [0.1, 0.15) is 33.2 Å². The van der Waals surface area contributed by atoms with Gasteiger partial charge in [0, 0.05) is 16.9 Å². The van der Waals surface area contributed by atoms with Crippen LogP contribution in [0, 0.1) is 0 Å². The molecule has 0 saturated carbocycles. The number of allylic oxidation sites excluding steroid dienone is 1. The molecule has 0 aromatic carbocycles. The number of carbonyl (C=O) groups excluding carboxylic acids is 2. The third-order valence-electron chi connectivity index (χ3n) is 2.95. The van der Waals surface area contributed by atoms with Crippen LogP contribution in [-0.2, 0) is 9.47 Å². The Bertz CT molecular complexity index is 844. The molecule has 26 heavy (non-hydrogen) atoms. The van der Waals surface area contributed by atoms with Crippen molar-refractivity contribution in [2.45, 2.75) is 6.92 Å². The van der Waals surface area contributed by atoms with Crippen LogP contribution in [0.2, 0.25) is 10.3 Å². The van der Waals surface area contributed by atoms with Gasteiger partial charge in [-0.15, -0.1) is 0 Å². The van der Waals surface area contributed by atoms with Crippen molar-refractivity contribution in [1.82, 2.24) is 9.97 Å². The second-order valence-electron chi connectivity index (χ2n) is 4.82. The van der Waals surface area contributed by atoms with E-state index in [9.17, 15) is 9.59 Å². The van der Waals surface area contributed by atoms with E-state index in [1.807, 2.05) is 6.92 Å². The number of halogens is 3. The van der Waals surface area contributed by atoms with E-state index in [1.54, 1.807) is 18.3 Å². The van der Waals surface area contributed by atoms with Crippen LogP contribution in [0.3, 0.4) is 0 Å². The molecular formula is C17H15BrCl2N2O4. The standard InChI is InChI=1S/C10H10ClNO2.C7H5BrClNO2/c1-6(2)7-4-8(10(13)14-3)9(11)12-5-7;1-12-7(11)5-2-4(8)3-10-6(5)9/h4-5H,1H2,2-3H3;2-3H,1H3. The molecule has 0 spiro atoms. The minimum atomic E-state index is -0.495. The molecule has 0 saturated heterocycles. The van der Waals surface area contributed by atoms with Crippen LogP contribution in [0.4, 0.5) is 0 Å². The molecule has 6 nitrogen and oxygen atoms in total. The lowest BCUT2D eigenvalue weighted by atomic mass is 10.1. The second kappa shape index (κ2) is 10.3. The number of ether oxygens (including phenoxy) is 2. The third-order valence-corrected chi connectivity index (χ3v) is 3.98. The fourth-order valence-electron chi connectivity index (χ4n) is 1.61.